The van der Waals surface area contributed by atoms with E-state index >= 15 is 0 Å². The number of carbonyl (C=O) groups excluding carboxylic acids is 1. The highest BCUT2D eigenvalue weighted by Crippen LogP contribution is 2.29. The fourth-order valence-electron chi connectivity index (χ4n) is 3.87. The Labute approximate surface area is 227 Å². The molecule has 0 saturated carbocycles. The maximum Gasteiger partial charge on any atom is 0.219 e. The fraction of sp³-hybridized carbons (Fsp3) is 0.148. The van der Waals surface area contributed by atoms with Gasteiger partial charge in [0.1, 0.15) is 11.6 Å². The van der Waals surface area contributed by atoms with E-state index in [1.807, 2.05) is 13.8 Å². The van der Waals surface area contributed by atoms with Crippen molar-refractivity contribution in [2.45, 2.75) is 26.8 Å². The number of ketones is 1. The van der Waals surface area contributed by atoms with Crippen LogP contribution in [0, 0.1) is 18.6 Å². The van der Waals surface area contributed by atoms with E-state index < -0.39 is 17.4 Å². The quantitative estimate of drug-likeness (QED) is 0.132. The highest BCUT2D eigenvalue weighted by atomic mass is 32.2. The lowest BCUT2D eigenvalue weighted by Crippen LogP contribution is -2.16. The molecule has 0 fully saturated rings. The predicted molar refractivity (Wildman–Crippen MR) is 148 cm³/mol. The molecule has 0 aliphatic carbocycles. The first-order valence-electron chi connectivity index (χ1n) is 12.0. The van der Waals surface area contributed by atoms with Crippen molar-refractivity contribution in [2.75, 3.05) is 10.5 Å². The lowest BCUT2D eigenvalue weighted by molar-refractivity contribution is 0.103. The van der Waals surface area contributed by atoms with Crippen molar-refractivity contribution in [3.63, 3.8) is 0 Å². The number of nitrogens with two attached hydrogens (primary N) is 1. The fourth-order valence-corrected chi connectivity index (χ4v) is 4.43. The predicted octanol–water partition coefficient (Wildman–Crippen LogP) is 5.91. The van der Waals surface area contributed by atoms with E-state index in [1.165, 1.54) is 47.4 Å². The lowest BCUT2D eigenvalue weighted by Gasteiger charge is -2.11. The Morgan fingerprint density at radius 2 is 1.92 bits per heavy atom. The molecule has 2 aromatic carbocycles. The maximum atomic E-state index is 14.6. The second kappa shape index (κ2) is 10.8. The number of nitrogen functional groups attached to an aromatic ring is 1. The van der Waals surface area contributed by atoms with E-state index in [9.17, 15) is 13.6 Å². The molecule has 5 rings (SSSR count). The smallest absolute Gasteiger partial charge is 0.219 e. The third kappa shape index (κ3) is 5.42. The molecule has 0 aliphatic heterocycles. The number of anilines is 2. The lowest BCUT2D eigenvalue weighted by atomic mass is 10.1. The number of nitrogens with one attached hydrogen (secondary N) is 3. The van der Waals surface area contributed by atoms with Crippen LogP contribution >= 0.6 is 12.1 Å². The summed E-state index contributed by atoms with van der Waals surface area (Å²) in [5, 5.41) is 4.83. The monoisotopic (exact) mass is 549 g/mol. The summed E-state index contributed by atoms with van der Waals surface area (Å²) in [7, 11) is 0. The number of pyridine rings is 1. The molecular weight excluding hydrogens is 524 g/mol. The molecule has 9 nitrogen and oxygen atoms in total. The van der Waals surface area contributed by atoms with Gasteiger partial charge in [-0.3, -0.25) is 4.79 Å². The number of ether oxygens (including phenoxy) is 1. The van der Waals surface area contributed by atoms with Gasteiger partial charge in [0, 0.05) is 35.1 Å². The van der Waals surface area contributed by atoms with E-state index in [2.05, 4.69) is 24.5 Å². The molecule has 0 saturated heterocycles. The number of para-hydroxylation sites is 1. The molecular formula is C27H25F2N7O2S. The maximum absolute atomic E-state index is 14.6. The number of fused-ring (bicyclic) bond motifs is 1. The van der Waals surface area contributed by atoms with E-state index in [-0.39, 0.29) is 40.4 Å². The van der Waals surface area contributed by atoms with Crippen LogP contribution in [0.15, 0.2) is 60.9 Å². The second-order valence-electron chi connectivity index (χ2n) is 9.10. The van der Waals surface area contributed by atoms with Crippen molar-refractivity contribution in [3.05, 3.63) is 89.4 Å². The molecule has 0 amide bonds. The molecule has 0 bridgehead atoms. The zero-order valence-electron chi connectivity index (χ0n) is 21.3. The Morgan fingerprint density at radius 1 is 1.13 bits per heavy atom. The number of nitrogens with zero attached hydrogens (tertiary/aromatic N) is 3. The van der Waals surface area contributed by atoms with Crippen LogP contribution in [0.1, 0.15) is 35.5 Å². The van der Waals surface area contributed by atoms with Gasteiger partial charge in [0.2, 0.25) is 11.7 Å². The Morgan fingerprint density at radius 3 is 2.67 bits per heavy atom. The molecule has 200 valence electrons. The van der Waals surface area contributed by atoms with Gasteiger partial charge in [-0.2, -0.15) is 5.10 Å². The summed E-state index contributed by atoms with van der Waals surface area (Å²) in [6.45, 7) is 5.74. The molecule has 12 heteroatoms. The van der Waals surface area contributed by atoms with Gasteiger partial charge < -0.3 is 20.2 Å². The number of H-pyrrole nitrogens is 1. The molecule has 5 aromatic rings. The summed E-state index contributed by atoms with van der Waals surface area (Å²) in [5.41, 5.74) is 8.81. The first-order valence-corrected chi connectivity index (χ1v) is 12.8. The summed E-state index contributed by atoms with van der Waals surface area (Å²) in [4.78, 5) is 20.6. The van der Waals surface area contributed by atoms with Gasteiger partial charge in [0.15, 0.2) is 11.6 Å². The molecule has 0 unspecified atom stereocenters. The summed E-state index contributed by atoms with van der Waals surface area (Å²) < 4.78 is 41.4. The number of hydrogen-bond acceptors (Lipinski definition) is 8. The molecule has 0 aliphatic rings. The zero-order chi connectivity index (χ0) is 27.7. The molecule has 3 heterocycles. The number of aromatic nitrogens is 4. The summed E-state index contributed by atoms with van der Waals surface area (Å²) >= 11 is 1.17. The molecule has 0 atom stereocenters. The number of halogens is 2. The minimum Gasteiger partial charge on any atom is -0.436 e. The largest absolute Gasteiger partial charge is 0.436 e. The van der Waals surface area contributed by atoms with Crippen molar-refractivity contribution in [2.24, 2.45) is 0 Å². The SMILES string of the molecule is Cc1cc(Oc2ccccc2F)ncc1-n1ncc(C(=O)c2cc3cc(F)c(NSNC(C)C)cc3[nH]2)c1N. The second-order valence-corrected chi connectivity index (χ2v) is 9.75. The first kappa shape index (κ1) is 26.2. The van der Waals surface area contributed by atoms with Gasteiger partial charge in [0.05, 0.1) is 35.0 Å². The average molecular weight is 550 g/mol. The van der Waals surface area contributed by atoms with Gasteiger partial charge in [-0.05, 0) is 56.7 Å². The van der Waals surface area contributed by atoms with Crippen LogP contribution in [-0.2, 0) is 0 Å². The van der Waals surface area contributed by atoms with Crippen molar-refractivity contribution < 1.29 is 18.3 Å². The van der Waals surface area contributed by atoms with Crippen molar-refractivity contribution in [1.29, 1.82) is 0 Å². The normalized spacial score (nSPS) is 11.3. The number of rotatable bonds is 9. The zero-order valence-corrected chi connectivity index (χ0v) is 22.1. The summed E-state index contributed by atoms with van der Waals surface area (Å²) in [5.74, 6) is -0.996. The van der Waals surface area contributed by atoms with Gasteiger partial charge in [-0.15, -0.1) is 0 Å². The van der Waals surface area contributed by atoms with Crippen LogP contribution in [0.4, 0.5) is 20.3 Å². The van der Waals surface area contributed by atoms with Gasteiger partial charge in [-0.25, -0.2) is 23.2 Å². The van der Waals surface area contributed by atoms with Gasteiger partial charge in [-0.1, -0.05) is 12.1 Å². The Balaban J connectivity index is 1.38. The number of benzene rings is 2. The highest BCUT2D eigenvalue weighted by Gasteiger charge is 2.21. The summed E-state index contributed by atoms with van der Waals surface area (Å²) in [6, 6.07) is 12.4. The third-order valence-electron chi connectivity index (χ3n) is 5.80. The van der Waals surface area contributed by atoms with E-state index in [1.54, 1.807) is 37.3 Å². The molecule has 0 radical (unpaired) electrons. The van der Waals surface area contributed by atoms with Crippen LogP contribution in [0.2, 0.25) is 0 Å². The van der Waals surface area contributed by atoms with E-state index in [4.69, 9.17) is 10.5 Å². The Bertz CT molecular complexity index is 1680. The van der Waals surface area contributed by atoms with Crippen molar-refractivity contribution >= 4 is 40.3 Å². The highest BCUT2D eigenvalue weighted by molar-refractivity contribution is 7.98. The molecule has 3 aromatic heterocycles. The van der Waals surface area contributed by atoms with Gasteiger partial charge >= 0.3 is 0 Å². The van der Waals surface area contributed by atoms with Crippen LogP contribution in [0.25, 0.3) is 16.6 Å². The molecule has 5 N–H and O–H groups in total. The van der Waals surface area contributed by atoms with Gasteiger partial charge in [0.25, 0.3) is 0 Å². The average Bonchev–Trinajstić information content (AvgIpc) is 3.48. The summed E-state index contributed by atoms with van der Waals surface area (Å²) in [6.07, 6.45) is 2.85. The van der Waals surface area contributed by atoms with Crippen molar-refractivity contribution in [3.8, 4) is 17.3 Å². The third-order valence-corrected chi connectivity index (χ3v) is 6.71. The number of aromatic amines is 1. The minimum absolute atomic E-state index is 0.0516. The van der Waals surface area contributed by atoms with E-state index in [0.29, 0.717) is 22.2 Å². The van der Waals surface area contributed by atoms with Crippen LogP contribution in [-0.4, -0.2) is 31.6 Å². The molecule has 0 spiro atoms. The Hall–Kier alpha value is -4.42. The van der Waals surface area contributed by atoms with Crippen LogP contribution < -0.4 is 19.9 Å². The standard InChI is InChI=1S/C27H25F2N7O2S/c1-14(2)34-39-35-21-11-20-16(9-19(21)29)10-22(33-20)26(37)17-12-32-36(27(17)30)23-13-31-25(8-15(23)3)38-24-7-5-4-6-18(24)28/h4-14,33-35H,30H2,1-3H3. The molecule has 39 heavy (non-hydrogen) atoms. The topological polar surface area (TPSA) is 123 Å². The Kier molecular flexibility index (Phi) is 7.22. The first-order chi connectivity index (χ1) is 18.7. The van der Waals surface area contributed by atoms with Crippen LogP contribution in [0.3, 0.4) is 0 Å². The van der Waals surface area contributed by atoms with E-state index in [0.717, 1.165) is 0 Å². The number of hydrogen-bond donors (Lipinski definition) is 4. The minimum atomic E-state index is -0.505. The van der Waals surface area contributed by atoms with Crippen LogP contribution in [0.5, 0.6) is 11.6 Å². The van der Waals surface area contributed by atoms with Crippen molar-refractivity contribution in [1.82, 2.24) is 24.5 Å². The number of aryl methyl sites for hydroxylation is 1. The number of carbonyl (C=O) groups is 1.